The first kappa shape index (κ1) is 14.4. The molecular formula is C14H24N4S. The van der Waals surface area contributed by atoms with Gasteiger partial charge in [0.2, 0.25) is 0 Å². The number of rotatable bonds is 6. The highest BCUT2D eigenvalue weighted by Gasteiger charge is 2.13. The van der Waals surface area contributed by atoms with E-state index in [-0.39, 0.29) is 0 Å². The predicted molar refractivity (Wildman–Crippen MR) is 83.0 cm³/mol. The molecule has 1 aliphatic rings. The van der Waals surface area contributed by atoms with Gasteiger partial charge < -0.3 is 10.6 Å². The lowest BCUT2D eigenvalue weighted by atomic mass is 9.89. The molecule has 1 aliphatic carbocycles. The van der Waals surface area contributed by atoms with E-state index in [0.29, 0.717) is 0 Å². The summed E-state index contributed by atoms with van der Waals surface area (Å²) in [5, 5.41) is 7.56. The van der Waals surface area contributed by atoms with Crippen molar-refractivity contribution in [3.63, 3.8) is 0 Å². The van der Waals surface area contributed by atoms with Gasteiger partial charge in [0.1, 0.15) is 11.6 Å². The smallest absolute Gasteiger partial charge is 0.191 e. The molecule has 0 aliphatic heterocycles. The minimum Gasteiger partial charge on any atom is -0.370 e. The highest BCUT2D eigenvalue weighted by atomic mass is 32.2. The summed E-state index contributed by atoms with van der Waals surface area (Å²) < 4.78 is 0. The average Bonchev–Trinajstić information content (AvgIpc) is 2.46. The molecule has 2 rings (SSSR count). The zero-order valence-corrected chi connectivity index (χ0v) is 12.7. The normalized spacial score (nSPS) is 16.3. The molecule has 106 valence electrons. The molecule has 0 unspecified atom stereocenters. The fourth-order valence-corrected chi connectivity index (χ4v) is 2.90. The Morgan fingerprint density at radius 3 is 2.47 bits per heavy atom. The Labute approximate surface area is 120 Å². The van der Waals surface area contributed by atoms with Gasteiger partial charge >= 0.3 is 0 Å². The largest absolute Gasteiger partial charge is 0.370 e. The van der Waals surface area contributed by atoms with E-state index in [1.807, 2.05) is 12.3 Å². The number of hydrogen-bond acceptors (Lipinski definition) is 5. The molecule has 4 nitrogen and oxygen atoms in total. The molecule has 0 bridgehead atoms. The van der Waals surface area contributed by atoms with Gasteiger partial charge in [0, 0.05) is 19.2 Å². The Morgan fingerprint density at radius 2 is 1.84 bits per heavy atom. The Hall–Kier alpha value is -0.970. The minimum absolute atomic E-state index is 0.809. The Morgan fingerprint density at radius 1 is 1.16 bits per heavy atom. The van der Waals surface area contributed by atoms with Gasteiger partial charge in [-0.25, -0.2) is 9.97 Å². The van der Waals surface area contributed by atoms with Gasteiger partial charge in [-0.1, -0.05) is 31.0 Å². The third-order valence-corrected chi connectivity index (χ3v) is 4.09. The van der Waals surface area contributed by atoms with Gasteiger partial charge in [-0.3, -0.25) is 0 Å². The van der Waals surface area contributed by atoms with Gasteiger partial charge in [-0.15, -0.1) is 0 Å². The van der Waals surface area contributed by atoms with E-state index in [9.17, 15) is 0 Å². The van der Waals surface area contributed by atoms with E-state index in [4.69, 9.17) is 0 Å². The van der Waals surface area contributed by atoms with Crippen LogP contribution in [-0.2, 0) is 0 Å². The third kappa shape index (κ3) is 4.56. The maximum atomic E-state index is 4.52. The molecule has 0 saturated heterocycles. The number of anilines is 2. The first-order valence-electron chi connectivity index (χ1n) is 7.22. The predicted octanol–water partition coefficient (Wildman–Crippen LogP) is 3.62. The molecule has 1 heterocycles. The van der Waals surface area contributed by atoms with E-state index in [1.54, 1.807) is 11.8 Å². The number of hydrogen-bond donors (Lipinski definition) is 2. The van der Waals surface area contributed by atoms with Crippen molar-refractivity contribution in [2.45, 2.75) is 44.2 Å². The van der Waals surface area contributed by atoms with Gasteiger partial charge in [-0.05, 0) is 31.9 Å². The van der Waals surface area contributed by atoms with E-state index in [2.05, 4.69) is 27.5 Å². The van der Waals surface area contributed by atoms with Gasteiger partial charge in [0.15, 0.2) is 5.16 Å². The summed E-state index contributed by atoms with van der Waals surface area (Å²) in [6.07, 6.45) is 8.89. The lowest BCUT2D eigenvalue weighted by Gasteiger charge is -2.22. The third-order valence-electron chi connectivity index (χ3n) is 3.54. The first-order valence-corrected chi connectivity index (χ1v) is 8.45. The molecule has 0 atom stereocenters. The number of nitrogens with one attached hydrogen (secondary N) is 2. The molecule has 1 aromatic rings. The van der Waals surface area contributed by atoms with Crippen LogP contribution in [0, 0.1) is 5.92 Å². The number of thioether (sulfide) groups is 1. The second kappa shape index (κ2) is 7.58. The van der Waals surface area contributed by atoms with Gasteiger partial charge in [0.25, 0.3) is 0 Å². The lowest BCUT2D eigenvalue weighted by Crippen LogP contribution is -2.18. The van der Waals surface area contributed by atoms with Crippen molar-refractivity contribution in [2.24, 2.45) is 5.92 Å². The molecular weight excluding hydrogens is 256 g/mol. The Kier molecular flexibility index (Phi) is 5.76. The van der Waals surface area contributed by atoms with Crippen LogP contribution >= 0.6 is 11.8 Å². The SMILES string of the molecule is CCNc1cc(NCC2CCCCC2)nc(SC)n1. The van der Waals surface area contributed by atoms with Crippen LogP contribution in [-0.4, -0.2) is 29.3 Å². The van der Waals surface area contributed by atoms with Gasteiger partial charge in [0.05, 0.1) is 0 Å². The average molecular weight is 280 g/mol. The monoisotopic (exact) mass is 280 g/mol. The van der Waals surface area contributed by atoms with Crippen LogP contribution in [0.25, 0.3) is 0 Å². The van der Waals surface area contributed by atoms with Crippen molar-refractivity contribution in [1.82, 2.24) is 9.97 Å². The van der Waals surface area contributed by atoms with Crippen LogP contribution in [0.3, 0.4) is 0 Å². The number of aromatic nitrogens is 2. The van der Waals surface area contributed by atoms with Crippen molar-refractivity contribution in [2.75, 3.05) is 30.0 Å². The minimum atomic E-state index is 0.809. The summed E-state index contributed by atoms with van der Waals surface area (Å²) in [6, 6.07) is 2.01. The van der Waals surface area contributed by atoms with Crippen molar-refractivity contribution in [3.8, 4) is 0 Å². The van der Waals surface area contributed by atoms with Crippen LogP contribution in [0.1, 0.15) is 39.0 Å². The topological polar surface area (TPSA) is 49.8 Å². The quantitative estimate of drug-likeness (QED) is 0.615. The fourth-order valence-electron chi connectivity index (χ4n) is 2.52. The molecule has 0 aromatic carbocycles. The summed E-state index contributed by atoms with van der Waals surface area (Å²) in [7, 11) is 0. The summed E-state index contributed by atoms with van der Waals surface area (Å²) in [6.45, 7) is 4.00. The number of nitrogens with zero attached hydrogens (tertiary/aromatic N) is 2. The van der Waals surface area contributed by atoms with E-state index in [1.165, 1.54) is 32.1 Å². The van der Waals surface area contributed by atoms with E-state index < -0.39 is 0 Å². The van der Waals surface area contributed by atoms with Crippen molar-refractivity contribution in [1.29, 1.82) is 0 Å². The molecule has 2 N–H and O–H groups in total. The molecule has 1 aromatic heterocycles. The molecule has 0 amide bonds. The first-order chi connectivity index (χ1) is 9.31. The zero-order valence-electron chi connectivity index (χ0n) is 11.9. The standard InChI is InChI=1S/C14H24N4S/c1-3-15-12-9-13(18-14(17-12)19-2)16-10-11-7-5-4-6-8-11/h9,11H,3-8,10H2,1-2H3,(H2,15,16,17,18). The fraction of sp³-hybridized carbons (Fsp3) is 0.714. The highest BCUT2D eigenvalue weighted by molar-refractivity contribution is 7.98. The maximum Gasteiger partial charge on any atom is 0.191 e. The van der Waals surface area contributed by atoms with E-state index >= 15 is 0 Å². The van der Waals surface area contributed by atoms with Crippen molar-refractivity contribution in [3.05, 3.63) is 6.07 Å². The Balaban J connectivity index is 1.95. The molecule has 1 fully saturated rings. The van der Waals surface area contributed by atoms with E-state index in [0.717, 1.165) is 35.8 Å². The van der Waals surface area contributed by atoms with Crippen molar-refractivity contribution >= 4 is 23.4 Å². The second-order valence-electron chi connectivity index (χ2n) is 5.04. The highest BCUT2D eigenvalue weighted by Crippen LogP contribution is 2.24. The van der Waals surface area contributed by atoms with Crippen LogP contribution < -0.4 is 10.6 Å². The molecule has 5 heteroatoms. The van der Waals surface area contributed by atoms with Crippen LogP contribution in [0.5, 0.6) is 0 Å². The summed E-state index contributed by atoms with van der Waals surface area (Å²) in [4.78, 5) is 8.96. The van der Waals surface area contributed by atoms with Gasteiger partial charge in [-0.2, -0.15) is 0 Å². The molecule has 19 heavy (non-hydrogen) atoms. The summed E-state index contributed by atoms with van der Waals surface area (Å²) >= 11 is 1.58. The maximum absolute atomic E-state index is 4.52. The van der Waals surface area contributed by atoms with Crippen LogP contribution in [0.15, 0.2) is 11.2 Å². The molecule has 0 spiro atoms. The van der Waals surface area contributed by atoms with Crippen LogP contribution in [0.2, 0.25) is 0 Å². The summed E-state index contributed by atoms with van der Waals surface area (Å²) in [5.74, 6) is 2.66. The Bertz CT molecular complexity index is 391. The second-order valence-corrected chi connectivity index (χ2v) is 5.81. The molecule has 1 saturated carbocycles. The zero-order chi connectivity index (χ0) is 13.5. The molecule has 0 radical (unpaired) electrons. The summed E-state index contributed by atoms with van der Waals surface area (Å²) in [5.41, 5.74) is 0. The van der Waals surface area contributed by atoms with Crippen LogP contribution in [0.4, 0.5) is 11.6 Å². The van der Waals surface area contributed by atoms with Crippen molar-refractivity contribution < 1.29 is 0 Å². The lowest BCUT2D eigenvalue weighted by molar-refractivity contribution is 0.373.